The fourth-order valence-corrected chi connectivity index (χ4v) is 4.52. The number of fused-ring (bicyclic) bond motifs is 1. The molecule has 2 aromatic heterocycles. The largest absolute Gasteiger partial charge is 0.376 e. The van der Waals surface area contributed by atoms with Gasteiger partial charge in [-0.1, -0.05) is 66.7 Å². The number of benzene rings is 2. The van der Waals surface area contributed by atoms with Crippen molar-refractivity contribution in [3.8, 4) is 0 Å². The van der Waals surface area contributed by atoms with E-state index in [1.807, 2.05) is 41.3 Å². The van der Waals surface area contributed by atoms with Crippen LogP contribution in [0, 0.1) is 10.1 Å². The van der Waals surface area contributed by atoms with Gasteiger partial charge in [-0.3, -0.25) is 24.2 Å². The molecule has 5 rings (SSSR count). The number of nitro groups is 1. The molecule has 0 amide bonds. The van der Waals surface area contributed by atoms with Gasteiger partial charge in [-0.2, -0.15) is 0 Å². The van der Waals surface area contributed by atoms with Gasteiger partial charge >= 0.3 is 11.2 Å². The van der Waals surface area contributed by atoms with Gasteiger partial charge in [0.2, 0.25) is 5.82 Å². The summed E-state index contributed by atoms with van der Waals surface area (Å²) in [6.07, 6.45) is 1.50. The Morgan fingerprint density at radius 2 is 1.39 bits per heavy atom. The zero-order valence-electron chi connectivity index (χ0n) is 17.9. The highest BCUT2D eigenvalue weighted by Gasteiger charge is 2.32. The molecule has 1 saturated heterocycles. The summed E-state index contributed by atoms with van der Waals surface area (Å²) >= 11 is 0. The predicted octanol–water partition coefficient (Wildman–Crippen LogP) is 3.51. The molecule has 0 saturated carbocycles. The fourth-order valence-electron chi connectivity index (χ4n) is 4.52. The molecule has 0 unspecified atom stereocenters. The second-order valence-electron chi connectivity index (χ2n) is 8.02. The third kappa shape index (κ3) is 3.96. The first-order valence-electron chi connectivity index (χ1n) is 10.9. The minimum Gasteiger partial charge on any atom is -0.348 e. The van der Waals surface area contributed by atoms with Crippen molar-refractivity contribution < 1.29 is 4.92 Å². The van der Waals surface area contributed by atoms with E-state index in [1.54, 1.807) is 18.2 Å². The lowest BCUT2D eigenvalue weighted by atomic mass is 9.96. The van der Waals surface area contributed by atoms with Crippen molar-refractivity contribution in [2.75, 3.05) is 31.1 Å². The van der Waals surface area contributed by atoms with Crippen LogP contribution in [-0.2, 0) is 0 Å². The average Bonchev–Trinajstić information content (AvgIpc) is 2.86. The fraction of sp³-hybridized carbons (Fsp3) is 0.200. The number of nitrogens with zero attached hydrogens (tertiary/aromatic N) is 5. The van der Waals surface area contributed by atoms with E-state index in [2.05, 4.69) is 34.1 Å². The Bertz CT molecular complexity index is 1290. The number of aromatic nitrogens is 2. The lowest BCUT2D eigenvalue weighted by Crippen LogP contribution is -2.48. The van der Waals surface area contributed by atoms with Crippen LogP contribution >= 0.6 is 0 Å². The summed E-state index contributed by atoms with van der Waals surface area (Å²) in [5.74, 6) is 0.145. The molecule has 0 atom stereocenters. The van der Waals surface area contributed by atoms with E-state index in [-0.39, 0.29) is 11.9 Å². The van der Waals surface area contributed by atoms with E-state index >= 15 is 0 Å². The van der Waals surface area contributed by atoms with Crippen molar-refractivity contribution in [1.82, 2.24) is 14.3 Å². The molecule has 1 aliphatic rings. The van der Waals surface area contributed by atoms with Crippen LogP contribution in [0.4, 0.5) is 11.5 Å². The molecule has 8 nitrogen and oxygen atoms in total. The molecule has 0 radical (unpaired) electrons. The Morgan fingerprint density at radius 1 is 0.818 bits per heavy atom. The molecule has 166 valence electrons. The van der Waals surface area contributed by atoms with Crippen LogP contribution in [0.5, 0.6) is 0 Å². The van der Waals surface area contributed by atoms with E-state index in [0.717, 1.165) is 0 Å². The van der Waals surface area contributed by atoms with Gasteiger partial charge in [-0.15, -0.1) is 0 Å². The van der Waals surface area contributed by atoms with Crippen LogP contribution < -0.4 is 10.5 Å². The number of hydrogen-bond donors (Lipinski definition) is 0. The van der Waals surface area contributed by atoms with Gasteiger partial charge in [0.1, 0.15) is 5.65 Å². The Morgan fingerprint density at radius 3 is 1.97 bits per heavy atom. The number of anilines is 1. The minimum atomic E-state index is -0.658. The van der Waals surface area contributed by atoms with Crippen molar-refractivity contribution in [3.05, 3.63) is 117 Å². The van der Waals surface area contributed by atoms with E-state index in [1.165, 1.54) is 21.7 Å². The zero-order valence-corrected chi connectivity index (χ0v) is 17.9. The summed E-state index contributed by atoms with van der Waals surface area (Å²) in [5.41, 5.74) is 1.66. The van der Waals surface area contributed by atoms with Gasteiger partial charge in [0.05, 0.1) is 11.0 Å². The smallest absolute Gasteiger partial charge is 0.348 e. The van der Waals surface area contributed by atoms with Crippen LogP contribution in [0.25, 0.3) is 5.65 Å². The summed E-state index contributed by atoms with van der Waals surface area (Å²) in [6, 6.07) is 25.9. The maximum atomic E-state index is 12.8. The molecule has 2 aromatic carbocycles. The molecule has 8 heteroatoms. The summed E-state index contributed by atoms with van der Waals surface area (Å²) in [6.45, 7) is 2.43. The van der Waals surface area contributed by atoms with E-state index in [0.29, 0.717) is 31.8 Å². The lowest BCUT2D eigenvalue weighted by molar-refractivity contribution is -0.385. The van der Waals surface area contributed by atoms with Gasteiger partial charge in [0.15, 0.2) is 0 Å². The highest BCUT2D eigenvalue weighted by atomic mass is 16.6. The van der Waals surface area contributed by atoms with Gasteiger partial charge in [0, 0.05) is 32.4 Å². The average molecular weight is 441 g/mol. The highest BCUT2D eigenvalue weighted by molar-refractivity contribution is 5.61. The molecule has 33 heavy (non-hydrogen) atoms. The monoisotopic (exact) mass is 441 g/mol. The topological polar surface area (TPSA) is 84.0 Å². The second kappa shape index (κ2) is 8.84. The molecule has 0 spiro atoms. The molecule has 4 aromatic rings. The standard InChI is InChI=1S/C25H23N5O3/c31-25-23(30(32)33)24(26-21-13-7-8-14-29(21)25)28-17-15-27(16-18-28)22(19-9-3-1-4-10-19)20-11-5-2-6-12-20/h1-14,22H,15-18H2. The van der Waals surface area contributed by atoms with Gasteiger partial charge < -0.3 is 4.90 Å². The van der Waals surface area contributed by atoms with Crippen molar-refractivity contribution in [1.29, 1.82) is 0 Å². The molecular weight excluding hydrogens is 418 g/mol. The van der Waals surface area contributed by atoms with Gasteiger partial charge in [-0.05, 0) is 23.3 Å². The quantitative estimate of drug-likeness (QED) is 0.348. The number of hydrogen-bond acceptors (Lipinski definition) is 6. The van der Waals surface area contributed by atoms with Crippen molar-refractivity contribution in [2.24, 2.45) is 0 Å². The highest BCUT2D eigenvalue weighted by Crippen LogP contribution is 2.31. The van der Waals surface area contributed by atoms with Gasteiger partial charge in [-0.25, -0.2) is 4.98 Å². The summed E-state index contributed by atoms with van der Waals surface area (Å²) in [7, 11) is 0. The maximum Gasteiger partial charge on any atom is 0.376 e. The second-order valence-corrected chi connectivity index (χ2v) is 8.02. The number of piperazine rings is 1. The summed E-state index contributed by atoms with van der Waals surface area (Å²) < 4.78 is 1.22. The van der Waals surface area contributed by atoms with Crippen LogP contribution in [-0.4, -0.2) is 45.4 Å². The van der Waals surface area contributed by atoms with Gasteiger partial charge in [0.25, 0.3) is 0 Å². The summed E-state index contributed by atoms with van der Waals surface area (Å²) in [5, 5.41) is 11.8. The van der Waals surface area contributed by atoms with Crippen LogP contribution in [0.3, 0.4) is 0 Å². The molecule has 0 N–H and O–H groups in total. The van der Waals surface area contributed by atoms with E-state index in [9.17, 15) is 14.9 Å². The molecule has 1 fully saturated rings. The Kier molecular flexibility index (Phi) is 5.58. The Balaban J connectivity index is 1.46. The first kappa shape index (κ1) is 20.8. The number of rotatable bonds is 5. The first-order chi connectivity index (χ1) is 16.1. The normalized spacial score (nSPS) is 14.6. The van der Waals surface area contributed by atoms with Crippen molar-refractivity contribution in [2.45, 2.75) is 6.04 Å². The molecular formula is C25H23N5O3. The lowest BCUT2D eigenvalue weighted by Gasteiger charge is -2.40. The third-order valence-corrected chi connectivity index (χ3v) is 6.08. The van der Waals surface area contributed by atoms with E-state index < -0.39 is 16.2 Å². The molecule has 0 bridgehead atoms. The SMILES string of the molecule is O=c1c([N+](=O)[O-])c(N2CCN(C(c3ccccc3)c3ccccc3)CC2)nc2ccccn12. The Hall–Kier alpha value is -4.04. The molecule has 0 aliphatic carbocycles. The van der Waals surface area contributed by atoms with E-state index in [4.69, 9.17) is 0 Å². The first-order valence-corrected chi connectivity index (χ1v) is 10.9. The molecule has 3 heterocycles. The number of pyridine rings is 1. The van der Waals surface area contributed by atoms with Crippen molar-refractivity contribution >= 4 is 17.2 Å². The van der Waals surface area contributed by atoms with Crippen LogP contribution in [0.1, 0.15) is 17.2 Å². The summed E-state index contributed by atoms with van der Waals surface area (Å²) in [4.78, 5) is 32.7. The zero-order chi connectivity index (χ0) is 22.8. The minimum absolute atomic E-state index is 0.0831. The van der Waals surface area contributed by atoms with Crippen molar-refractivity contribution in [3.63, 3.8) is 0 Å². The van der Waals surface area contributed by atoms with Crippen LogP contribution in [0.15, 0.2) is 89.9 Å². The Labute approximate surface area is 190 Å². The third-order valence-electron chi connectivity index (χ3n) is 6.08. The maximum absolute atomic E-state index is 12.8. The predicted molar refractivity (Wildman–Crippen MR) is 127 cm³/mol. The van der Waals surface area contributed by atoms with Crippen LogP contribution in [0.2, 0.25) is 0 Å². The molecule has 1 aliphatic heterocycles.